The van der Waals surface area contributed by atoms with Crippen LogP contribution in [0.2, 0.25) is 0 Å². The van der Waals surface area contributed by atoms with Crippen LogP contribution >= 0.6 is 0 Å². The summed E-state index contributed by atoms with van der Waals surface area (Å²) in [7, 11) is 0. The number of nitrogens with one attached hydrogen (secondary N) is 1. The lowest BCUT2D eigenvalue weighted by molar-refractivity contribution is -0.142. The summed E-state index contributed by atoms with van der Waals surface area (Å²) < 4.78 is 5.81. The number of ether oxygens (including phenoxy) is 1. The highest BCUT2D eigenvalue weighted by Crippen LogP contribution is 2.34. The van der Waals surface area contributed by atoms with Gasteiger partial charge in [-0.05, 0) is 86.6 Å². The Bertz CT molecular complexity index is 989. The largest absolute Gasteiger partial charge is 0.483 e. The molecule has 0 heterocycles. The molecule has 2 aromatic carbocycles. The van der Waals surface area contributed by atoms with Gasteiger partial charge < -0.3 is 15.2 Å². The van der Waals surface area contributed by atoms with E-state index in [2.05, 4.69) is 51.2 Å². The molecule has 0 spiro atoms. The Morgan fingerprint density at radius 2 is 1.43 bits per heavy atom. The van der Waals surface area contributed by atoms with Gasteiger partial charge in [0.05, 0.1) is 0 Å². The van der Waals surface area contributed by atoms with Crippen molar-refractivity contribution in [1.29, 1.82) is 0 Å². The number of hydrogen-bond acceptors (Lipinski definition) is 3. The topological polar surface area (TPSA) is 75.6 Å². The van der Waals surface area contributed by atoms with E-state index in [1.165, 1.54) is 47.9 Å². The van der Waals surface area contributed by atoms with E-state index in [4.69, 9.17) is 4.74 Å². The maximum Gasteiger partial charge on any atom is 0.326 e. The van der Waals surface area contributed by atoms with Gasteiger partial charge >= 0.3 is 5.97 Å². The van der Waals surface area contributed by atoms with E-state index < -0.39 is 17.9 Å². The molecule has 1 atom stereocenters. The summed E-state index contributed by atoms with van der Waals surface area (Å²) in [5.41, 5.74) is 8.12. The van der Waals surface area contributed by atoms with Gasteiger partial charge in [0.1, 0.15) is 11.8 Å². The molecule has 35 heavy (non-hydrogen) atoms. The van der Waals surface area contributed by atoms with Crippen LogP contribution < -0.4 is 10.1 Å². The van der Waals surface area contributed by atoms with Crippen molar-refractivity contribution in [3.63, 3.8) is 0 Å². The first-order valence-corrected chi connectivity index (χ1v) is 13.0. The maximum absolute atomic E-state index is 12.4. The molecule has 2 aromatic rings. The van der Waals surface area contributed by atoms with E-state index in [-0.39, 0.29) is 6.61 Å². The van der Waals surface area contributed by atoms with Gasteiger partial charge in [-0.25, -0.2) is 4.79 Å². The SMILES string of the molecule is CCCCCCCCCC(NC(=O)COc1cc(C)c(-c2c(C)cc(C)cc2C)cc1C)C(=O)O. The lowest BCUT2D eigenvalue weighted by atomic mass is 9.90. The number of carboxylic acid groups (broad SMARTS) is 1. The third-order valence-electron chi connectivity index (χ3n) is 6.56. The first-order chi connectivity index (χ1) is 16.6. The second-order valence-electron chi connectivity index (χ2n) is 9.86. The van der Waals surface area contributed by atoms with Crippen LogP contribution in [0.25, 0.3) is 11.1 Å². The van der Waals surface area contributed by atoms with Crippen molar-refractivity contribution in [2.24, 2.45) is 0 Å². The monoisotopic (exact) mass is 481 g/mol. The molecule has 0 bridgehead atoms. The Balaban J connectivity index is 1.95. The minimum atomic E-state index is -0.996. The average Bonchev–Trinajstić information content (AvgIpc) is 2.78. The van der Waals surface area contributed by atoms with Gasteiger partial charge in [-0.3, -0.25) is 4.79 Å². The van der Waals surface area contributed by atoms with Crippen LogP contribution in [0.3, 0.4) is 0 Å². The van der Waals surface area contributed by atoms with Crippen LogP contribution in [0.1, 0.15) is 86.1 Å². The molecule has 1 unspecified atom stereocenters. The fourth-order valence-corrected chi connectivity index (χ4v) is 4.76. The lowest BCUT2D eigenvalue weighted by Crippen LogP contribution is -2.42. The second kappa shape index (κ2) is 13.9. The number of unbranched alkanes of at least 4 members (excludes halogenated alkanes) is 6. The summed E-state index contributed by atoms with van der Waals surface area (Å²) >= 11 is 0. The molecule has 0 aliphatic heterocycles. The molecule has 0 aromatic heterocycles. The average molecular weight is 482 g/mol. The van der Waals surface area contributed by atoms with E-state index in [0.29, 0.717) is 12.2 Å². The predicted octanol–water partition coefficient (Wildman–Crippen LogP) is 6.98. The molecule has 0 aliphatic rings. The second-order valence-corrected chi connectivity index (χ2v) is 9.86. The van der Waals surface area contributed by atoms with Gasteiger partial charge in [0, 0.05) is 0 Å². The maximum atomic E-state index is 12.4. The van der Waals surface area contributed by atoms with Gasteiger partial charge in [-0.2, -0.15) is 0 Å². The smallest absolute Gasteiger partial charge is 0.326 e. The standard InChI is InChI=1S/C30H43NO4/c1-7-8-9-10-11-12-13-14-26(30(33)34)31-28(32)19-35-27-18-21(3)25(17-22(27)4)29-23(5)15-20(2)16-24(29)6/h15-18,26H,7-14,19H2,1-6H3,(H,31,32)(H,33,34). The van der Waals surface area contributed by atoms with E-state index >= 15 is 0 Å². The Labute approximate surface area is 211 Å². The van der Waals surface area contributed by atoms with Gasteiger partial charge in [0.2, 0.25) is 0 Å². The number of hydrogen-bond donors (Lipinski definition) is 2. The zero-order valence-corrected chi connectivity index (χ0v) is 22.4. The molecule has 0 aliphatic carbocycles. The van der Waals surface area contributed by atoms with Crippen molar-refractivity contribution in [3.8, 4) is 16.9 Å². The van der Waals surface area contributed by atoms with E-state index in [1.54, 1.807) is 0 Å². The molecule has 2 N–H and O–H groups in total. The van der Waals surface area contributed by atoms with Crippen LogP contribution in [0.4, 0.5) is 0 Å². The van der Waals surface area contributed by atoms with Crippen LogP contribution in [-0.2, 0) is 9.59 Å². The highest BCUT2D eigenvalue weighted by atomic mass is 16.5. The number of carbonyl (C=O) groups excluding carboxylic acids is 1. The molecular formula is C30H43NO4. The molecule has 0 saturated carbocycles. The van der Waals surface area contributed by atoms with Crippen molar-refractivity contribution in [2.75, 3.05) is 6.61 Å². The summed E-state index contributed by atoms with van der Waals surface area (Å²) in [5.74, 6) is -0.765. The van der Waals surface area contributed by atoms with Gasteiger partial charge in [0.15, 0.2) is 6.61 Å². The van der Waals surface area contributed by atoms with Gasteiger partial charge in [-0.15, -0.1) is 0 Å². The number of benzene rings is 2. The number of amides is 1. The van der Waals surface area contributed by atoms with Crippen LogP contribution in [0.5, 0.6) is 5.75 Å². The summed E-state index contributed by atoms with van der Waals surface area (Å²) in [6, 6.07) is 7.57. The van der Waals surface area contributed by atoms with E-state index in [9.17, 15) is 14.7 Å². The van der Waals surface area contributed by atoms with Crippen molar-refractivity contribution >= 4 is 11.9 Å². The summed E-state index contributed by atoms with van der Waals surface area (Å²) in [6.07, 6.45) is 8.22. The van der Waals surface area contributed by atoms with Gasteiger partial charge in [-0.1, -0.05) is 69.6 Å². The minimum Gasteiger partial charge on any atom is -0.483 e. The number of carboxylic acids is 1. The fraction of sp³-hybridized carbons (Fsp3) is 0.533. The summed E-state index contributed by atoms with van der Waals surface area (Å²) in [4.78, 5) is 24.1. The Hall–Kier alpha value is -2.82. The lowest BCUT2D eigenvalue weighted by Gasteiger charge is -2.18. The molecule has 5 nitrogen and oxygen atoms in total. The van der Waals surface area contributed by atoms with Crippen LogP contribution in [0.15, 0.2) is 24.3 Å². The number of aliphatic carboxylic acids is 1. The molecule has 192 valence electrons. The predicted molar refractivity (Wildman–Crippen MR) is 143 cm³/mol. The number of carbonyl (C=O) groups is 2. The molecule has 0 fully saturated rings. The summed E-state index contributed by atoms with van der Waals surface area (Å²) in [5, 5.41) is 12.1. The van der Waals surface area contributed by atoms with Crippen molar-refractivity contribution in [1.82, 2.24) is 5.32 Å². The first-order valence-electron chi connectivity index (χ1n) is 13.0. The summed E-state index contributed by atoms with van der Waals surface area (Å²) in [6.45, 7) is 12.4. The fourth-order valence-electron chi connectivity index (χ4n) is 4.76. The van der Waals surface area contributed by atoms with Crippen LogP contribution in [0, 0.1) is 34.6 Å². The molecule has 2 rings (SSSR count). The molecule has 0 saturated heterocycles. The van der Waals surface area contributed by atoms with E-state index in [0.717, 1.165) is 36.0 Å². The Morgan fingerprint density at radius 1 is 0.829 bits per heavy atom. The molecule has 0 radical (unpaired) electrons. The third kappa shape index (κ3) is 8.72. The number of aryl methyl sites for hydroxylation is 5. The normalized spacial score (nSPS) is 11.8. The van der Waals surface area contributed by atoms with Crippen LogP contribution in [-0.4, -0.2) is 29.6 Å². The number of rotatable bonds is 14. The van der Waals surface area contributed by atoms with Crippen molar-refractivity contribution in [2.45, 2.75) is 99.0 Å². The van der Waals surface area contributed by atoms with E-state index in [1.807, 2.05) is 19.9 Å². The van der Waals surface area contributed by atoms with Crippen molar-refractivity contribution < 1.29 is 19.4 Å². The Morgan fingerprint density at radius 3 is 2.03 bits per heavy atom. The zero-order valence-electron chi connectivity index (χ0n) is 22.4. The first kappa shape index (κ1) is 28.4. The highest BCUT2D eigenvalue weighted by Gasteiger charge is 2.20. The quantitative estimate of drug-likeness (QED) is 0.285. The van der Waals surface area contributed by atoms with Crippen molar-refractivity contribution in [3.05, 3.63) is 52.1 Å². The Kier molecular flexibility index (Phi) is 11.3. The molecular weight excluding hydrogens is 438 g/mol. The third-order valence-corrected chi connectivity index (χ3v) is 6.56. The minimum absolute atomic E-state index is 0.205. The molecule has 1 amide bonds. The molecule has 5 heteroatoms. The van der Waals surface area contributed by atoms with Gasteiger partial charge in [0.25, 0.3) is 5.91 Å². The zero-order chi connectivity index (χ0) is 26.0. The highest BCUT2D eigenvalue weighted by molar-refractivity contribution is 5.84.